The Morgan fingerprint density at radius 2 is 0.926 bits per heavy atom. The maximum Gasteiger partial charge on any atom is 0.119 e. The van der Waals surface area contributed by atoms with Crippen molar-refractivity contribution in [2.75, 3.05) is 0 Å². The van der Waals surface area contributed by atoms with E-state index in [-0.39, 0.29) is 14.9 Å². The number of phenolic OH excluding ortho intramolecular Hbond substituents is 2. The zero-order valence-corrected chi connectivity index (χ0v) is 19.3. The number of benzene rings is 2. The van der Waals surface area contributed by atoms with E-state index in [1.54, 1.807) is 35.7 Å². The van der Waals surface area contributed by atoms with Gasteiger partial charge in [-0.3, -0.25) is 0 Å². The smallest absolute Gasteiger partial charge is 0.119 e. The van der Waals surface area contributed by atoms with Gasteiger partial charge in [-0.2, -0.15) is 0 Å². The van der Waals surface area contributed by atoms with E-state index in [1.165, 1.54) is 0 Å². The van der Waals surface area contributed by atoms with Crippen LogP contribution in [0.5, 0.6) is 11.5 Å². The molecule has 0 radical (unpaired) electrons. The zero-order chi connectivity index (χ0) is 20.6. The molecule has 2 N–H and O–H groups in total. The van der Waals surface area contributed by atoms with Crippen LogP contribution in [0.2, 0.25) is 0 Å². The highest BCUT2D eigenvalue weighted by Crippen LogP contribution is 2.47. The molecule has 0 fully saturated rings. The Hall–Kier alpha value is -1.26. The number of rotatable bonds is 4. The fraction of sp³-hybridized carbons (Fsp3) is 0.478. The maximum atomic E-state index is 10.2. The van der Waals surface area contributed by atoms with Crippen molar-refractivity contribution >= 4 is 23.5 Å². The summed E-state index contributed by atoms with van der Waals surface area (Å²) >= 11 is 3.57. The number of hydrogen-bond acceptors (Lipinski definition) is 4. The molecule has 0 aliphatic heterocycles. The lowest BCUT2D eigenvalue weighted by atomic mass is 9.86. The van der Waals surface area contributed by atoms with Gasteiger partial charge in [0.05, 0.1) is 4.08 Å². The summed E-state index contributed by atoms with van der Waals surface area (Å²) in [5.74, 6) is 0.705. The van der Waals surface area contributed by atoms with Crippen molar-refractivity contribution in [3.63, 3.8) is 0 Å². The van der Waals surface area contributed by atoms with Gasteiger partial charge in [0.1, 0.15) is 11.5 Å². The van der Waals surface area contributed by atoms with Crippen LogP contribution in [-0.2, 0) is 10.8 Å². The molecule has 148 valence electrons. The predicted octanol–water partition coefficient (Wildman–Crippen LogP) is 7.31. The van der Waals surface area contributed by atoms with Crippen molar-refractivity contribution < 1.29 is 10.2 Å². The minimum atomic E-state index is -0.101. The topological polar surface area (TPSA) is 40.5 Å². The first-order valence-electron chi connectivity index (χ1n) is 9.24. The second-order valence-corrected chi connectivity index (χ2v) is 13.1. The third kappa shape index (κ3) is 5.86. The lowest BCUT2D eigenvalue weighted by Crippen LogP contribution is -2.13. The van der Waals surface area contributed by atoms with Gasteiger partial charge in [-0.05, 0) is 61.1 Å². The lowest BCUT2D eigenvalue weighted by Gasteiger charge is -2.27. The van der Waals surface area contributed by atoms with E-state index in [0.717, 1.165) is 20.9 Å². The van der Waals surface area contributed by atoms with E-state index in [2.05, 4.69) is 67.5 Å². The monoisotopic (exact) mass is 404 g/mol. The van der Waals surface area contributed by atoms with Crippen LogP contribution in [0.3, 0.4) is 0 Å². The molecule has 0 amide bonds. The van der Waals surface area contributed by atoms with Crippen LogP contribution in [0.4, 0.5) is 0 Å². The Balaban J connectivity index is 2.26. The first kappa shape index (κ1) is 22.0. The SMILES string of the molecule is CC(C)(Sc1ccc(O)c(C(C)(C)C)c1)Sc1ccc(O)c(C(C)(C)C)c1. The Kier molecular flexibility index (Phi) is 6.23. The lowest BCUT2D eigenvalue weighted by molar-refractivity contribution is 0.445. The van der Waals surface area contributed by atoms with Gasteiger partial charge in [-0.25, -0.2) is 0 Å². The third-order valence-corrected chi connectivity index (χ3v) is 6.74. The summed E-state index contributed by atoms with van der Waals surface area (Å²) in [7, 11) is 0. The number of aromatic hydroxyl groups is 2. The van der Waals surface area contributed by atoms with Gasteiger partial charge in [0, 0.05) is 20.9 Å². The van der Waals surface area contributed by atoms with Gasteiger partial charge < -0.3 is 10.2 Å². The first-order valence-corrected chi connectivity index (χ1v) is 10.9. The summed E-state index contributed by atoms with van der Waals surface area (Å²) in [5.41, 5.74) is 1.73. The quantitative estimate of drug-likeness (QED) is 0.414. The predicted molar refractivity (Wildman–Crippen MR) is 119 cm³/mol. The molecule has 0 atom stereocenters. The maximum absolute atomic E-state index is 10.2. The van der Waals surface area contributed by atoms with Crippen LogP contribution < -0.4 is 0 Å². The Bertz CT molecular complexity index is 745. The van der Waals surface area contributed by atoms with Gasteiger partial charge in [0.15, 0.2) is 0 Å². The Labute approximate surface area is 172 Å². The van der Waals surface area contributed by atoms with Gasteiger partial charge in [0.2, 0.25) is 0 Å². The second kappa shape index (κ2) is 7.63. The first-order chi connectivity index (χ1) is 12.2. The van der Waals surface area contributed by atoms with Crippen molar-refractivity contribution in [2.45, 2.75) is 80.1 Å². The second-order valence-electron chi connectivity index (χ2n) is 9.46. The molecule has 2 aromatic carbocycles. The molecule has 0 saturated heterocycles. The minimum Gasteiger partial charge on any atom is -0.508 e. The molecule has 2 rings (SSSR count). The van der Waals surface area contributed by atoms with Gasteiger partial charge in [0.25, 0.3) is 0 Å². The van der Waals surface area contributed by atoms with E-state index >= 15 is 0 Å². The van der Waals surface area contributed by atoms with Crippen molar-refractivity contribution in [1.82, 2.24) is 0 Å². The molecule has 27 heavy (non-hydrogen) atoms. The molecule has 2 nitrogen and oxygen atoms in total. The molecule has 0 heterocycles. The van der Waals surface area contributed by atoms with E-state index in [1.807, 2.05) is 12.1 Å². The van der Waals surface area contributed by atoms with E-state index in [4.69, 9.17) is 0 Å². The van der Waals surface area contributed by atoms with E-state index in [0.29, 0.717) is 11.5 Å². The molecule has 2 aromatic rings. The molecule has 0 aliphatic rings. The summed E-state index contributed by atoms with van der Waals surface area (Å²) in [6.07, 6.45) is 0. The fourth-order valence-electron chi connectivity index (χ4n) is 2.95. The van der Waals surface area contributed by atoms with Crippen LogP contribution in [0.1, 0.15) is 66.5 Å². The van der Waals surface area contributed by atoms with Gasteiger partial charge in [-0.15, -0.1) is 23.5 Å². The van der Waals surface area contributed by atoms with Crippen molar-refractivity contribution in [3.05, 3.63) is 47.5 Å². The molecule has 4 heteroatoms. The normalized spacial score (nSPS) is 13.0. The van der Waals surface area contributed by atoms with Gasteiger partial charge in [-0.1, -0.05) is 41.5 Å². The van der Waals surface area contributed by atoms with Crippen molar-refractivity contribution in [1.29, 1.82) is 0 Å². The number of thioether (sulfide) groups is 2. The highest BCUT2D eigenvalue weighted by Gasteiger charge is 2.25. The molecule has 0 aromatic heterocycles. The summed E-state index contributed by atoms with van der Waals surface area (Å²) in [4.78, 5) is 2.29. The molecule has 0 aliphatic carbocycles. The number of phenols is 2. The largest absolute Gasteiger partial charge is 0.508 e. The molecule has 0 unspecified atom stereocenters. The van der Waals surface area contributed by atoms with Crippen molar-refractivity contribution in [3.8, 4) is 11.5 Å². The highest BCUT2D eigenvalue weighted by atomic mass is 32.2. The van der Waals surface area contributed by atoms with Crippen molar-refractivity contribution in [2.24, 2.45) is 0 Å². The summed E-state index contributed by atoms with van der Waals surface area (Å²) in [6.45, 7) is 17.1. The van der Waals surface area contributed by atoms with E-state index in [9.17, 15) is 10.2 Å². The molecule has 0 saturated carbocycles. The van der Waals surface area contributed by atoms with E-state index < -0.39 is 0 Å². The average molecular weight is 405 g/mol. The van der Waals surface area contributed by atoms with Crippen LogP contribution in [-0.4, -0.2) is 14.3 Å². The van der Waals surface area contributed by atoms with Crippen LogP contribution >= 0.6 is 23.5 Å². The molecule has 0 bridgehead atoms. The Morgan fingerprint density at radius 1 is 0.593 bits per heavy atom. The third-order valence-electron chi connectivity index (χ3n) is 4.28. The van der Waals surface area contributed by atoms with Crippen LogP contribution in [0.15, 0.2) is 46.2 Å². The molecule has 0 spiro atoms. The summed E-state index contributed by atoms with van der Waals surface area (Å²) in [6, 6.07) is 11.7. The minimum absolute atomic E-state index is 0.0990. The zero-order valence-electron chi connectivity index (χ0n) is 17.7. The van der Waals surface area contributed by atoms with Crippen LogP contribution in [0, 0.1) is 0 Å². The highest BCUT2D eigenvalue weighted by molar-refractivity contribution is 8.18. The van der Waals surface area contributed by atoms with Crippen LogP contribution in [0.25, 0.3) is 0 Å². The average Bonchev–Trinajstić information content (AvgIpc) is 2.48. The molecular formula is C23H32O2S2. The van der Waals surface area contributed by atoms with Gasteiger partial charge >= 0.3 is 0 Å². The summed E-state index contributed by atoms with van der Waals surface area (Å²) < 4.78 is -0.0990. The number of hydrogen-bond donors (Lipinski definition) is 2. The standard InChI is InChI=1S/C23H32O2S2/c1-21(2,3)17-13-15(9-11-19(17)24)26-23(7,8)27-16-10-12-20(25)18(14-16)22(4,5)6/h9-14,24-25H,1-8H3. The fourth-order valence-corrected chi connectivity index (χ4v) is 5.45. The molecular weight excluding hydrogens is 372 g/mol. The Morgan fingerprint density at radius 3 is 1.22 bits per heavy atom. The summed E-state index contributed by atoms with van der Waals surface area (Å²) in [5, 5.41) is 20.4.